The summed E-state index contributed by atoms with van der Waals surface area (Å²) in [5, 5.41) is 2.99. The fourth-order valence-electron chi connectivity index (χ4n) is 1.24. The molecule has 0 saturated carbocycles. The van der Waals surface area contributed by atoms with Crippen molar-refractivity contribution in [2.24, 2.45) is 5.92 Å². The first-order valence-electron chi connectivity index (χ1n) is 5.59. The predicted octanol–water partition coefficient (Wildman–Crippen LogP) is 4.07. The SMILES string of the molecule is CC(C)[C@H]([NH-])CNc1ccc(OC(F)(F)F)cc1. The molecule has 0 aliphatic carbocycles. The van der Waals surface area contributed by atoms with Crippen LogP contribution < -0.4 is 10.1 Å². The van der Waals surface area contributed by atoms with Crippen LogP contribution in [0.4, 0.5) is 18.9 Å². The van der Waals surface area contributed by atoms with Crippen LogP contribution in [-0.2, 0) is 0 Å². The highest BCUT2D eigenvalue weighted by atomic mass is 19.4. The molecule has 0 spiro atoms. The van der Waals surface area contributed by atoms with Gasteiger partial charge in [0.15, 0.2) is 0 Å². The Bertz CT molecular complexity index is 363. The average molecular weight is 261 g/mol. The van der Waals surface area contributed by atoms with Crippen molar-refractivity contribution in [1.29, 1.82) is 0 Å². The Morgan fingerprint density at radius 3 is 2.22 bits per heavy atom. The summed E-state index contributed by atoms with van der Waals surface area (Å²) in [6.45, 7) is 4.34. The number of hydrogen-bond donors (Lipinski definition) is 1. The van der Waals surface area contributed by atoms with E-state index in [0.717, 1.165) is 0 Å². The number of anilines is 1. The molecular formula is C12H16F3N2O-. The minimum absolute atomic E-state index is 0.227. The molecule has 0 saturated heterocycles. The van der Waals surface area contributed by atoms with E-state index in [9.17, 15) is 13.2 Å². The van der Waals surface area contributed by atoms with Crippen molar-refractivity contribution in [2.75, 3.05) is 11.9 Å². The summed E-state index contributed by atoms with van der Waals surface area (Å²) in [5.74, 6) is -0.0235. The van der Waals surface area contributed by atoms with Gasteiger partial charge in [-0.25, -0.2) is 0 Å². The van der Waals surface area contributed by atoms with Gasteiger partial charge in [-0.3, -0.25) is 0 Å². The number of benzene rings is 1. The molecule has 0 amide bonds. The van der Waals surface area contributed by atoms with E-state index in [2.05, 4.69) is 10.1 Å². The van der Waals surface area contributed by atoms with Crippen molar-refractivity contribution >= 4 is 5.69 Å². The molecule has 0 fully saturated rings. The Balaban J connectivity index is 2.50. The van der Waals surface area contributed by atoms with E-state index in [1.165, 1.54) is 24.3 Å². The zero-order valence-electron chi connectivity index (χ0n) is 10.2. The molecule has 0 aromatic heterocycles. The van der Waals surface area contributed by atoms with Crippen molar-refractivity contribution < 1.29 is 17.9 Å². The van der Waals surface area contributed by atoms with Crippen molar-refractivity contribution in [3.63, 3.8) is 0 Å². The number of hydrogen-bond acceptors (Lipinski definition) is 2. The van der Waals surface area contributed by atoms with Gasteiger partial charge >= 0.3 is 6.36 Å². The molecule has 1 aromatic rings. The summed E-state index contributed by atoms with van der Waals surface area (Å²) in [6, 6.07) is 5.22. The average Bonchev–Trinajstić information content (AvgIpc) is 2.25. The van der Waals surface area contributed by atoms with Gasteiger partial charge in [-0.2, -0.15) is 0 Å². The summed E-state index contributed by atoms with van der Waals surface area (Å²) in [4.78, 5) is 0. The van der Waals surface area contributed by atoms with Crippen LogP contribution in [0.25, 0.3) is 5.73 Å². The van der Waals surface area contributed by atoms with Crippen LogP contribution in [0.1, 0.15) is 13.8 Å². The van der Waals surface area contributed by atoms with Gasteiger partial charge in [0.05, 0.1) is 0 Å². The molecule has 0 unspecified atom stereocenters. The topological polar surface area (TPSA) is 45.1 Å². The fraction of sp³-hybridized carbons (Fsp3) is 0.500. The molecule has 0 aliphatic rings. The third-order valence-corrected chi connectivity index (χ3v) is 2.42. The Hall–Kier alpha value is -1.43. The van der Waals surface area contributed by atoms with Gasteiger partial charge in [0.1, 0.15) is 5.75 Å². The van der Waals surface area contributed by atoms with Gasteiger partial charge in [-0.05, 0) is 30.8 Å². The second-order valence-corrected chi connectivity index (χ2v) is 4.30. The second-order valence-electron chi connectivity index (χ2n) is 4.30. The van der Waals surface area contributed by atoms with Crippen LogP contribution in [0.3, 0.4) is 0 Å². The fourth-order valence-corrected chi connectivity index (χ4v) is 1.24. The lowest BCUT2D eigenvalue weighted by Crippen LogP contribution is -2.21. The van der Waals surface area contributed by atoms with Gasteiger partial charge in [0, 0.05) is 5.69 Å². The van der Waals surface area contributed by atoms with Crippen LogP contribution in [0.5, 0.6) is 5.75 Å². The highest BCUT2D eigenvalue weighted by Gasteiger charge is 2.30. The van der Waals surface area contributed by atoms with Gasteiger partial charge in [-0.15, -0.1) is 19.2 Å². The molecule has 0 bridgehead atoms. The second kappa shape index (κ2) is 5.95. The number of ether oxygens (including phenoxy) is 1. The quantitative estimate of drug-likeness (QED) is 0.868. The van der Waals surface area contributed by atoms with Crippen molar-refractivity contribution in [2.45, 2.75) is 26.3 Å². The summed E-state index contributed by atoms with van der Waals surface area (Å²) in [5.41, 5.74) is 8.37. The molecular weight excluding hydrogens is 245 g/mol. The van der Waals surface area contributed by atoms with E-state index < -0.39 is 6.36 Å². The molecule has 0 aliphatic heterocycles. The normalized spacial score (nSPS) is 13.5. The van der Waals surface area contributed by atoms with Crippen LogP contribution in [0.2, 0.25) is 0 Å². The van der Waals surface area contributed by atoms with E-state index in [1.807, 2.05) is 13.8 Å². The van der Waals surface area contributed by atoms with E-state index in [1.54, 1.807) is 0 Å². The van der Waals surface area contributed by atoms with Crippen LogP contribution >= 0.6 is 0 Å². The predicted molar refractivity (Wildman–Crippen MR) is 64.6 cm³/mol. The van der Waals surface area contributed by atoms with Crippen LogP contribution in [0.15, 0.2) is 24.3 Å². The van der Waals surface area contributed by atoms with Gasteiger partial charge < -0.3 is 15.8 Å². The van der Waals surface area contributed by atoms with Crippen molar-refractivity contribution in [3.05, 3.63) is 30.0 Å². The zero-order valence-corrected chi connectivity index (χ0v) is 10.2. The summed E-state index contributed by atoms with van der Waals surface area (Å²) >= 11 is 0. The maximum Gasteiger partial charge on any atom is 0.573 e. The lowest BCUT2D eigenvalue weighted by molar-refractivity contribution is -0.274. The van der Waals surface area contributed by atoms with Crippen LogP contribution in [-0.4, -0.2) is 18.9 Å². The van der Waals surface area contributed by atoms with Gasteiger partial charge in [-0.1, -0.05) is 19.8 Å². The highest BCUT2D eigenvalue weighted by Crippen LogP contribution is 2.24. The molecule has 1 atom stereocenters. The summed E-state index contributed by atoms with van der Waals surface area (Å²) < 4.78 is 39.5. The molecule has 102 valence electrons. The number of halogens is 3. The Morgan fingerprint density at radius 2 is 1.78 bits per heavy atom. The number of alkyl halides is 3. The molecule has 0 heterocycles. The first kappa shape index (κ1) is 14.6. The minimum Gasteiger partial charge on any atom is -0.673 e. The third kappa shape index (κ3) is 5.27. The van der Waals surface area contributed by atoms with E-state index in [4.69, 9.17) is 5.73 Å². The molecule has 6 heteroatoms. The third-order valence-electron chi connectivity index (χ3n) is 2.42. The first-order chi connectivity index (χ1) is 8.28. The highest BCUT2D eigenvalue weighted by molar-refractivity contribution is 5.46. The smallest absolute Gasteiger partial charge is 0.573 e. The monoisotopic (exact) mass is 261 g/mol. The molecule has 18 heavy (non-hydrogen) atoms. The van der Waals surface area contributed by atoms with E-state index >= 15 is 0 Å². The molecule has 3 nitrogen and oxygen atoms in total. The Morgan fingerprint density at radius 1 is 1.22 bits per heavy atom. The lowest BCUT2D eigenvalue weighted by Gasteiger charge is -2.25. The summed E-state index contributed by atoms with van der Waals surface area (Å²) in [6.07, 6.45) is -4.67. The van der Waals surface area contributed by atoms with Gasteiger partial charge in [0.2, 0.25) is 0 Å². The largest absolute Gasteiger partial charge is 0.673 e. The lowest BCUT2D eigenvalue weighted by atomic mass is 10.1. The first-order valence-corrected chi connectivity index (χ1v) is 5.59. The molecule has 1 aromatic carbocycles. The minimum atomic E-state index is -4.67. The Labute approximate surface area is 104 Å². The zero-order chi connectivity index (χ0) is 13.8. The molecule has 0 radical (unpaired) electrons. The van der Waals surface area contributed by atoms with Crippen molar-refractivity contribution in [1.82, 2.24) is 0 Å². The molecule has 1 rings (SSSR count). The standard InChI is InChI=1S/C12H16F3N2O/c1-8(2)11(16)7-17-9-3-5-10(6-4-9)18-12(13,14)15/h3-6,8,11,16-17H,7H2,1-2H3/q-1/t11-/m1/s1. The number of rotatable bonds is 5. The van der Waals surface area contributed by atoms with Crippen LogP contribution in [0, 0.1) is 5.92 Å². The van der Waals surface area contributed by atoms with E-state index in [0.29, 0.717) is 12.2 Å². The van der Waals surface area contributed by atoms with Crippen molar-refractivity contribution in [3.8, 4) is 5.75 Å². The van der Waals surface area contributed by atoms with E-state index in [-0.39, 0.29) is 17.7 Å². The molecule has 2 N–H and O–H groups in total. The van der Waals surface area contributed by atoms with Gasteiger partial charge in [0.25, 0.3) is 0 Å². The summed E-state index contributed by atoms with van der Waals surface area (Å²) in [7, 11) is 0. The maximum absolute atomic E-state index is 11.9. The Kier molecular flexibility index (Phi) is 4.84. The maximum atomic E-state index is 11.9. The number of nitrogens with one attached hydrogen (secondary N) is 2.